The maximum Gasteiger partial charge on any atom is 0.166 e. The summed E-state index contributed by atoms with van der Waals surface area (Å²) in [6.45, 7) is 1.99. The fourth-order valence-corrected chi connectivity index (χ4v) is 2.72. The standard InChI is InChI=1S/C18H17N3O2/c1-2-7-15-14(6-1)18(21-12-20-15)19-11-13-5-3-8-16-17(13)23-10-4-9-22-16/h1-3,5-8,12H,4,9-11H2,(H,19,20,21). The summed E-state index contributed by atoms with van der Waals surface area (Å²) in [6, 6.07) is 13.9. The highest BCUT2D eigenvalue weighted by Crippen LogP contribution is 2.33. The van der Waals surface area contributed by atoms with Crippen molar-refractivity contribution in [2.75, 3.05) is 18.5 Å². The van der Waals surface area contributed by atoms with Crippen LogP contribution < -0.4 is 14.8 Å². The van der Waals surface area contributed by atoms with Crippen molar-refractivity contribution in [3.63, 3.8) is 0 Å². The van der Waals surface area contributed by atoms with Crippen LogP contribution in [-0.2, 0) is 6.54 Å². The Bertz CT molecular complexity index is 830. The molecule has 0 fully saturated rings. The number of ether oxygens (including phenoxy) is 2. The zero-order chi connectivity index (χ0) is 15.5. The Morgan fingerprint density at radius 3 is 2.87 bits per heavy atom. The van der Waals surface area contributed by atoms with Crippen molar-refractivity contribution in [3.8, 4) is 11.5 Å². The number of nitrogens with one attached hydrogen (secondary N) is 1. The number of anilines is 1. The zero-order valence-electron chi connectivity index (χ0n) is 12.7. The van der Waals surface area contributed by atoms with E-state index in [9.17, 15) is 0 Å². The number of nitrogens with zero attached hydrogens (tertiary/aromatic N) is 2. The molecule has 0 saturated heterocycles. The monoisotopic (exact) mass is 307 g/mol. The summed E-state index contributed by atoms with van der Waals surface area (Å²) in [5, 5.41) is 4.40. The van der Waals surface area contributed by atoms with E-state index >= 15 is 0 Å². The largest absolute Gasteiger partial charge is 0.490 e. The van der Waals surface area contributed by atoms with Gasteiger partial charge in [-0.05, 0) is 18.2 Å². The van der Waals surface area contributed by atoms with E-state index in [1.807, 2.05) is 42.5 Å². The second kappa shape index (κ2) is 6.12. The Morgan fingerprint density at radius 2 is 1.87 bits per heavy atom. The number of rotatable bonds is 3. The van der Waals surface area contributed by atoms with Gasteiger partial charge in [0.05, 0.1) is 18.7 Å². The molecule has 2 aromatic carbocycles. The van der Waals surface area contributed by atoms with E-state index in [1.165, 1.54) is 0 Å². The molecule has 0 unspecified atom stereocenters. The minimum atomic E-state index is 0.619. The molecule has 0 atom stereocenters. The zero-order valence-corrected chi connectivity index (χ0v) is 12.7. The van der Waals surface area contributed by atoms with Crippen LogP contribution in [0.3, 0.4) is 0 Å². The van der Waals surface area contributed by atoms with Gasteiger partial charge in [0.2, 0.25) is 0 Å². The summed E-state index contributed by atoms with van der Waals surface area (Å²) in [6.07, 6.45) is 2.48. The molecule has 1 aliphatic rings. The molecule has 0 radical (unpaired) electrons. The third-order valence-corrected chi connectivity index (χ3v) is 3.84. The van der Waals surface area contributed by atoms with Crippen molar-refractivity contribution < 1.29 is 9.47 Å². The van der Waals surface area contributed by atoms with Crippen LogP contribution in [0.1, 0.15) is 12.0 Å². The molecule has 116 valence electrons. The third kappa shape index (κ3) is 2.77. The summed E-state index contributed by atoms with van der Waals surface area (Å²) >= 11 is 0. The SMILES string of the molecule is c1cc(CNc2ncnc3ccccc23)c2c(c1)OCCCO2. The first kappa shape index (κ1) is 13.8. The smallest absolute Gasteiger partial charge is 0.166 e. The molecule has 0 bridgehead atoms. The van der Waals surface area contributed by atoms with Crippen molar-refractivity contribution in [1.82, 2.24) is 9.97 Å². The molecule has 0 spiro atoms. The van der Waals surface area contributed by atoms with Gasteiger partial charge >= 0.3 is 0 Å². The lowest BCUT2D eigenvalue weighted by molar-refractivity contribution is 0.296. The minimum absolute atomic E-state index is 0.619. The summed E-state index contributed by atoms with van der Waals surface area (Å²) in [4.78, 5) is 8.64. The molecule has 0 aliphatic carbocycles. The molecule has 23 heavy (non-hydrogen) atoms. The van der Waals surface area contributed by atoms with E-state index in [0.717, 1.165) is 40.2 Å². The minimum Gasteiger partial charge on any atom is -0.490 e. The molecule has 5 heteroatoms. The summed E-state index contributed by atoms with van der Waals surface area (Å²) in [7, 11) is 0. The lowest BCUT2D eigenvalue weighted by Crippen LogP contribution is -2.05. The number of fused-ring (bicyclic) bond motifs is 2. The van der Waals surface area contributed by atoms with Crippen molar-refractivity contribution in [2.45, 2.75) is 13.0 Å². The van der Waals surface area contributed by atoms with Crippen LogP contribution in [0.25, 0.3) is 10.9 Å². The first-order valence-electron chi connectivity index (χ1n) is 7.73. The molecule has 2 heterocycles. The second-order valence-electron chi connectivity index (χ2n) is 5.39. The third-order valence-electron chi connectivity index (χ3n) is 3.84. The van der Waals surface area contributed by atoms with Gasteiger partial charge in [-0.2, -0.15) is 0 Å². The lowest BCUT2D eigenvalue weighted by Gasteiger charge is -2.14. The summed E-state index contributed by atoms with van der Waals surface area (Å²) in [5.74, 6) is 2.47. The Kier molecular flexibility index (Phi) is 3.68. The van der Waals surface area contributed by atoms with E-state index in [0.29, 0.717) is 19.8 Å². The van der Waals surface area contributed by atoms with E-state index in [1.54, 1.807) is 6.33 Å². The molecular weight excluding hydrogens is 290 g/mol. The first-order valence-corrected chi connectivity index (χ1v) is 7.73. The summed E-state index contributed by atoms with van der Waals surface area (Å²) in [5.41, 5.74) is 1.99. The number of aromatic nitrogens is 2. The van der Waals surface area contributed by atoms with Crippen LogP contribution in [0, 0.1) is 0 Å². The maximum absolute atomic E-state index is 5.86. The van der Waals surface area contributed by atoms with Crippen molar-refractivity contribution in [2.24, 2.45) is 0 Å². The Labute approximate surface area is 134 Å². The fraction of sp³-hybridized carbons (Fsp3) is 0.222. The van der Waals surface area contributed by atoms with Gasteiger partial charge in [0.25, 0.3) is 0 Å². The number of benzene rings is 2. The highest BCUT2D eigenvalue weighted by atomic mass is 16.5. The van der Waals surface area contributed by atoms with Gasteiger partial charge in [-0.25, -0.2) is 9.97 Å². The molecule has 0 saturated carbocycles. The topological polar surface area (TPSA) is 56.3 Å². The Morgan fingerprint density at radius 1 is 0.957 bits per heavy atom. The molecule has 4 rings (SSSR count). The highest BCUT2D eigenvalue weighted by Gasteiger charge is 2.14. The van der Waals surface area contributed by atoms with E-state index in [4.69, 9.17) is 9.47 Å². The van der Waals surface area contributed by atoms with E-state index in [-0.39, 0.29) is 0 Å². The quantitative estimate of drug-likeness (QED) is 0.803. The molecule has 1 N–H and O–H groups in total. The van der Waals surface area contributed by atoms with Crippen LogP contribution in [0.2, 0.25) is 0 Å². The molecule has 0 amide bonds. The van der Waals surface area contributed by atoms with Crippen LogP contribution in [0.15, 0.2) is 48.8 Å². The van der Waals surface area contributed by atoms with Gasteiger partial charge in [-0.1, -0.05) is 24.3 Å². The van der Waals surface area contributed by atoms with Gasteiger partial charge in [0.1, 0.15) is 12.1 Å². The van der Waals surface area contributed by atoms with Gasteiger partial charge in [0.15, 0.2) is 11.5 Å². The molecule has 1 aromatic heterocycles. The number of hydrogen-bond acceptors (Lipinski definition) is 5. The molecule has 3 aromatic rings. The van der Waals surface area contributed by atoms with Gasteiger partial charge in [-0.3, -0.25) is 0 Å². The molecular formula is C18H17N3O2. The number of hydrogen-bond donors (Lipinski definition) is 1. The first-order chi connectivity index (χ1) is 11.4. The number of para-hydroxylation sites is 2. The highest BCUT2D eigenvalue weighted by molar-refractivity contribution is 5.88. The normalized spacial score (nSPS) is 13.6. The van der Waals surface area contributed by atoms with Crippen molar-refractivity contribution >= 4 is 16.7 Å². The van der Waals surface area contributed by atoms with Gasteiger partial charge < -0.3 is 14.8 Å². The summed E-state index contributed by atoms with van der Waals surface area (Å²) < 4.78 is 11.6. The fourth-order valence-electron chi connectivity index (χ4n) is 2.72. The predicted molar refractivity (Wildman–Crippen MR) is 88.9 cm³/mol. The van der Waals surface area contributed by atoms with Crippen molar-refractivity contribution in [1.29, 1.82) is 0 Å². The Balaban J connectivity index is 1.62. The predicted octanol–water partition coefficient (Wildman–Crippen LogP) is 3.40. The van der Waals surface area contributed by atoms with Crippen molar-refractivity contribution in [3.05, 3.63) is 54.4 Å². The van der Waals surface area contributed by atoms with Gasteiger partial charge in [0, 0.05) is 23.9 Å². The van der Waals surface area contributed by atoms with E-state index in [2.05, 4.69) is 15.3 Å². The van der Waals surface area contributed by atoms with E-state index < -0.39 is 0 Å². The van der Waals surface area contributed by atoms with Gasteiger partial charge in [-0.15, -0.1) is 0 Å². The van der Waals surface area contributed by atoms with Crippen LogP contribution >= 0.6 is 0 Å². The average molecular weight is 307 g/mol. The molecule has 5 nitrogen and oxygen atoms in total. The average Bonchev–Trinajstić information content (AvgIpc) is 2.85. The van der Waals surface area contributed by atoms with Crippen LogP contribution in [-0.4, -0.2) is 23.2 Å². The maximum atomic E-state index is 5.86. The van der Waals surface area contributed by atoms with Crippen LogP contribution in [0.5, 0.6) is 11.5 Å². The van der Waals surface area contributed by atoms with Crippen LogP contribution in [0.4, 0.5) is 5.82 Å². The molecule has 1 aliphatic heterocycles. The lowest BCUT2D eigenvalue weighted by atomic mass is 10.1. The Hall–Kier alpha value is -2.82. The second-order valence-corrected chi connectivity index (χ2v) is 5.39.